The van der Waals surface area contributed by atoms with Crippen LogP contribution in [0, 0.1) is 5.82 Å². The van der Waals surface area contributed by atoms with Crippen molar-refractivity contribution in [2.45, 2.75) is 32.2 Å². The molecule has 0 unspecified atom stereocenters. The number of anilines is 1. The monoisotopic (exact) mass is 469 g/mol. The van der Waals surface area contributed by atoms with E-state index in [2.05, 4.69) is 49.7 Å². The number of H-pyrrole nitrogens is 1. The predicted octanol–water partition coefficient (Wildman–Crippen LogP) is 5.05. The van der Waals surface area contributed by atoms with E-state index in [-0.39, 0.29) is 5.82 Å². The smallest absolute Gasteiger partial charge is 0.162 e. The van der Waals surface area contributed by atoms with E-state index in [1.807, 2.05) is 22.8 Å². The van der Waals surface area contributed by atoms with Crippen molar-refractivity contribution in [2.75, 3.05) is 25.0 Å². The number of hydrogen-bond acceptors (Lipinski definition) is 5. The van der Waals surface area contributed by atoms with Gasteiger partial charge in [0.05, 0.1) is 18.1 Å². The Morgan fingerprint density at radius 1 is 1.00 bits per heavy atom. The third-order valence-corrected chi connectivity index (χ3v) is 6.76. The fourth-order valence-corrected chi connectivity index (χ4v) is 4.97. The molecule has 1 aliphatic heterocycles. The first kappa shape index (κ1) is 21.7. The number of fused-ring (bicyclic) bond motifs is 2. The van der Waals surface area contributed by atoms with Crippen LogP contribution in [-0.2, 0) is 13.0 Å². The molecule has 0 aliphatic carbocycles. The van der Waals surface area contributed by atoms with Crippen LogP contribution in [0.4, 0.5) is 10.2 Å². The number of likely N-dealkylation sites (tertiary alicyclic amines) is 1. The number of rotatable bonds is 7. The van der Waals surface area contributed by atoms with E-state index in [1.165, 1.54) is 42.5 Å². The van der Waals surface area contributed by atoms with Crippen molar-refractivity contribution in [1.82, 2.24) is 29.5 Å². The van der Waals surface area contributed by atoms with E-state index >= 15 is 0 Å². The number of aromatic nitrogens is 5. The lowest BCUT2D eigenvalue weighted by Crippen LogP contribution is -2.29. The summed E-state index contributed by atoms with van der Waals surface area (Å²) in [7, 11) is 0. The normalized spacial score (nSPS) is 14.7. The number of hydrogen-bond donors (Lipinski definition) is 2. The number of benzene rings is 1. The number of nitrogens with one attached hydrogen (secondary N) is 2. The maximum absolute atomic E-state index is 13.9. The third kappa shape index (κ3) is 4.49. The Kier molecular flexibility index (Phi) is 5.88. The van der Waals surface area contributed by atoms with Crippen molar-refractivity contribution < 1.29 is 4.39 Å². The lowest BCUT2D eigenvalue weighted by molar-refractivity contribution is 0.221. The number of para-hydroxylation sites is 1. The summed E-state index contributed by atoms with van der Waals surface area (Å²) < 4.78 is 15.8. The molecule has 1 fully saturated rings. The Morgan fingerprint density at radius 3 is 2.77 bits per heavy atom. The maximum Gasteiger partial charge on any atom is 0.162 e. The average Bonchev–Trinajstić information content (AvgIpc) is 3.49. The van der Waals surface area contributed by atoms with Crippen molar-refractivity contribution in [3.05, 3.63) is 78.1 Å². The van der Waals surface area contributed by atoms with Crippen LogP contribution in [0.1, 0.15) is 30.4 Å². The minimum atomic E-state index is -0.375. The summed E-state index contributed by atoms with van der Waals surface area (Å²) in [5.41, 5.74) is 5.62. The number of aromatic amines is 1. The minimum Gasteiger partial charge on any atom is -0.370 e. The van der Waals surface area contributed by atoms with Gasteiger partial charge < -0.3 is 10.3 Å². The van der Waals surface area contributed by atoms with Gasteiger partial charge in [-0.15, -0.1) is 0 Å². The highest BCUT2D eigenvalue weighted by molar-refractivity contribution is 5.83. The molecule has 0 atom stereocenters. The Morgan fingerprint density at radius 2 is 1.89 bits per heavy atom. The number of nitrogens with zero attached hydrogens (tertiary/aromatic N) is 5. The highest BCUT2D eigenvalue weighted by Crippen LogP contribution is 2.25. The van der Waals surface area contributed by atoms with Crippen LogP contribution in [0.15, 0.2) is 61.2 Å². The summed E-state index contributed by atoms with van der Waals surface area (Å²) in [6.07, 6.45) is 11.5. The van der Waals surface area contributed by atoms with Gasteiger partial charge >= 0.3 is 0 Å². The Hall–Kier alpha value is -3.78. The summed E-state index contributed by atoms with van der Waals surface area (Å²) >= 11 is 0. The molecular formula is C27H28FN7. The number of piperidine rings is 1. The Balaban J connectivity index is 1.32. The second-order valence-corrected chi connectivity index (χ2v) is 9.20. The quantitative estimate of drug-likeness (QED) is 0.349. The zero-order valence-electron chi connectivity index (χ0n) is 19.5. The van der Waals surface area contributed by atoms with Crippen molar-refractivity contribution >= 4 is 22.4 Å². The van der Waals surface area contributed by atoms with Gasteiger partial charge in [-0.25, -0.2) is 9.37 Å². The van der Waals surface area contributed by atoms with E-state index in [1.54, 1.807) is 6.20 Å². The molecule has 4 aromatic heterocycles. The molecule has 35 heavy (non-hydrogen) atoms. The molecule has 6 rings (SSSR count). The molecule has 1 aliphatic rings. The summed E-state index contributed by atoms with van der Waals surface area (Å²) in [6, 6.07) is 11.7. The van der Waals surface area contributed by atoms with E-state index in [4.69, 9.17) is 4.98 Å². The van der Waals surface area contributed by atoms with Crippen molar-refractivity contribution in [2.24, 2.45) is 0 Å². The Labute approximate surface area is 203 Å². The zero-order chi connectivity index (χ0) is 23.6. The summed E-state index contributed by atoms with van der Waals surface area (Å²) in [6.45, 7) is 3.74. The molecule has 2 N–H and O–H groups in total. The molecule has 1 saturated heterocycles. The van der Waals surface area contributed by atoms with Gasteiger partial charge in [0.15, 0.2) is 5.65 Å². The molecular weight excluding hydrogens is 441 g/mol. The molecule has 0 amide bonds. The molecule has 0 radical (unpaired) electrons. The molecule has 0 saturated carbocycles. The number of halogens is 1. The lowest BCUT2D eigenvalue weighted by Gasteiger charge is -2.25. The van der Waals surface area contributed by atoms with E-state index in [9.17, 15) is 4.39 Å². The predicted molar refractivity (Wildman–Crippen MR) is 136 cm³/mol. The fourth-order valence-electron chi connectivity index (χ4n) is 4.97. The number of pyridine rings is 1. The van der Waals surface area contributed by atoms with E-state index in [0.29, 0.717) is 11.3 Å². The third-order valence-electron chi connectivity index (χ3n) is 6.76. The van der Waals surface area contributed by atoms with Gasteiger partial charge in [-0.05, 0) is 50.0 Å². The van der Waals surface area contributed by atoms with Crippen LogP contribution >= 0.6 is 0 Å². The van der Waals surface area contributed by atoms with Crippen LogP contribution in [0.3, 0.4) is 0 Å². The minimum absolute atomic E-state index is 0.375. The highest BCUT2D eigenvalue weighted by atomic mass is 19.1. The van der Waals surface area contributed by atoms with Gasteiger partial charge in [-0.1, -0.05) is 24.6 Å². The Bertz CT molecular complexity index is 1470. The van der Waals surface area contributed by atoms with Crippen LogP contribution in [0.2, 0.25) is 0 Å². The van der Waals surface area contributed by atoms with Crippen molar-refractivity contribution in [3.8, 4) is 11.3 Å². The fraction of sp³-hybridized carbons (Fsp3) is 0.296. The van der Waals surface area contributed by atoms with E-state index < -0.39 is 0 Å². The van der Waals surface area contributed by atoms with Crippen molar-refractivity contribution in [3.63, 3.8) is 0 Å². The van der Waals surface area contributed by atoms with Crippen LogP contribution in [-0.4, -0.2) is 49.1 Å². The molecule has 8 heteroatoms. The van der Waals surface area contributed by atoms with Crippen LogP contribution in [0.5, 0.6) is 0 Å². The van der Waals surface area contributed by atoms with Crippen LogP contribution in [0.25, 0.3) is 27.8 Å². The van der Waals surface area contributed by atoms with Gasteiger partial charge in [0, 0.05) is 53.6 Å². The second-order valence-electron chi connectivity index (χ2n) is 9.20. The van der Waals surface area contributed by atoms with Gasteiger partial charge in [0.1, 0.15) is 11.6 Å². The molecule has 5 heterocycles. The first-order valence-electron chi connectivity index (χ1n) is 12.2. The van der Waals surface area contributed by atoms with Crippen molar-refractivity contribution in [1.29, 1.82) is 0 Å². The first-order valence-corrected chi connectivity index (χ1v) is 12.2. The summed E-state index contributed by atoms with van der Waals surface area (Å²) in [5, 5.41) is 9.46. The molecule has 1 aromatic carbocycles. The lowest BCUT2D eigenvalue weighted by atomic mass is 10.1. The molecule has 178 valence electrons. The highest BCUT2D eigenvalue weighted by Gasteiger charge is 2.17. The first-order chi connectivity index (χ1) is 17.2. The topological polar surface area (TPSA) is 74.1 Å². The molecule has 5 aromatic rings. The van der Waals surface area contributed by atoms with Gasteiger partial charge in [0.25, 0.3) is 0 Å². The van der Waals surface area contributed by atoms with Gasteiger partial charge in [-0.3, -0.25) is 9.88 Å². The van der Waals surface area contributed by atoms with Crippen LogP contribution < -0.4 is 5.32 Å². The van der Waals surface area contributed by atoms with E-state index in [0.717, 1.165) is 55.1 Å². The summed E-state index contributed by atoms with van der Waals surface area (Å²) in [4.78, 5) is 14.7. The largest absolute Gasteiger partial charge is 0.370 e. The molecule has 7 nitrogen and oxygen atoms in total. The SMILES string of the molecule is Fc1cncc(-c2cc(NCCc3c[nH]c4ccccc34)n3ncc(CN4CCCCC4)c3n2)c1. The second kappa shape index (κ2) is 9.46. The van der Waals surface area contributed by atoms with Gasteiger partial charge in [0.2, 0.25) is 0 Å². The standard InChI is InChI=1S/C27H28FN7/c28-22-12-20(14-29-17-22)25-13-26(30-9-8-19-15-31-24-7-3-2-6-23(19)24)35-27(33-25)21(16-32-35)18-34-10-4-1-5-11-34/h2-3,6-7,12-17,30-31H,1,4-5,8-11,18H2. The zero-order valence-corrected chi connectivity index (χ0v) is 19.5. The maximum atomic E-state index is 13.9. The molecule has 0 spiro atoms. The van der Waals surface area contributed by atoms with Gasteiger partial charge in [-0.2, -0.15) is 9.61 Å². The average molecular weight is 470 g/mol. The summed E-state index contributed by atoms with van der Waals surface area (Å²) in [5.74, 6) is 0.457. The molecule has 0 bridgehead atoms.